The highest BCUT2D eigenvalue weighted by atomic mass is 16.5. The summed E-state index contributed by atoms with van der Waals surface area (Å²) in [5.41, 5.74) is 0. The Morgan fingerprint density at radius 1 is 1.20 bits per heavy atom. The van der Waals surface area contributed by atoms with E-state index >= 15 is 0 Å². The van der Waals surface area contributed by atoms with E-state index in [1.807, 2.05) is 30.3 Å². The van der Waals surface area contributed by atoms with Crippen LogP contribution in [-0.2, 0) is 9.53 Å². The van der Waals surface area contributed by atoms with Crippen LogP contribution in [0.15, 0.2) is 30.3 Å². The number of rotatable bonds is 2. The molecular formula is C12H14O3. The first-order chi connectivity index (χ1) is 7.34. The Morgan fingerprint density at radius 3 is 2.80 bits per heavy atom. The van der Waals surface area contributed by atoms with Crippen molar-refractivity contribution in [1.29, 1.82) is 0 Å². The van der Waals surface area contributed by atoms with Gasteiger partial charge >= 0.3 is 5.97 Å². The van der Waals surface area contributed by atoms with Crippen LogP contribution in [0.5, 0.6) is 5.75 Å². The molecule has 1 fully saturated rings. The van der Waals surface area contributed by atoms with Gasteiger partial charge in [-0.05, 0) is 18.6 Å². The molecular weight excluding hydrogens is 192 g/mol. The number of ether oxygens (including phenoxy) is 2. The molecule has 0 aliphatic carbocycles. The van der Waals surface area contributed by atoms with Crippen LogP contribution >= 0.6 is 0 Å². The first-order valence-electron chi connectivity index (χ1n) is 5.22. The maximum absolute atomic E-state index is 11.0. The third-order valence-electron chi connectivity index (χ3n) is 2.42. The summed E-state index contributed by atoms with van der Waals surface area (Å²) in [5, 5.41) is 0. The van der Waals surface area contributed by atoms with Gasteiger partial charge in [-0.1, -0.05) is 18.2 Å². The summed E-state index contributed by atoms with van der Waals surface area (Å²) < 4.78 is 10.7. The lowest BCUT2D eigenvalue weighted by atomic mass is 10.1. The van der Waals surface area contributed by atoms with Gasteiger partial charge in [0.1, 0.15) is 11.9 Å². The molecule has 1 aromatic carbocycles. The zero-order chi connectivity index (χ0) is 10.5. The molecule has 1 unspecified atom stereocenters. The molecule has 3 heteroatoms. The van der Waals surface area contributed by atoms with Crippen LogP contribution in [0.25, 0.3) is 0 Å². The number of carbonyl (C=O) groups excluding carboxylic acids is 1. The van der Waals surface area contributed by atoms with Crippen molar-refractivity contribution in [3.8, 4) is 5.75 Å². The summed E-state index contributed by atoms with van der Waals surface area (Å²) in [6.07, 6.45) is 2.07. The second kappa shape index (κ2) is 4.82. The predicted octanol–water partition coefficient (Wildman–Crippen LogP) is 2.16. The van der Waals surface area contributed by atoms with Crippen molar-refractivity contribution in [2.45, 2.75) is 25.4 Å². The van der Waals surface area contributed by atoms with Crippen LogP contribution in [0, 0.1) is 0 Å². The van der Waals surface area contributed by atoms with Crippen LogP contribution in [0.1, 0.15) is 19.3 Å². The number of cyclic esters (lactones) is 1. The van der Waals surface area contributed by atoms with Crippen LogP contribution in [0.3, 0.4) is 0 Å². The van der Waals surface area contributed by atoms with Crippen molar-refractivity contribution < 1.29 is 14.3 Å². The minimum absolute atomic E-state index is 0.0962. The summed E-state index contributed by atoms with van der Waals surface area (Å²) in [7, 11) is 0. The third-order valence-corrected chi connectivity index (χ3v) is 2.42. The van der Waals surface area contributed by atoms with Gasteiger partial charge in [0.05, 0.1) is 6.61 Å². The highest BCUT2D eigenvalue weighted by Crippen LogP contribution is 2.17. The third kappa shape index (κ3) is 2.98. The average molecular weight is 206 g/mol. The topological polar surface area (TPSA) is 35.5 Å². The summed E-state index contributed by atoms with van der Waals surface area (Å²) in [5.74, 6) is 0.742. The number of esters is 1. The molecule has 1 aromatic rings. The van der Waals surface area contributed by atoms with Crippen molar-refractivity contribution in [2.75, 3.05) is 6.61 Å². The summed E-state index contributed by atoms with van der Waals surface area (Å²) in [4.78, 5) is 11.0. The van der Waals surface area contributed by atoms with Gasteiger partial charge in [0.15, 0.2) is 0 Å². The number of benzene rings is 1. The van der Waals surface area contributed by atoms with E-state index in [4.69, 9.17) is 9.47 Å². The second-order valence-electron chi connectivity index (χ2n) is 3.60. The van der Waals surface area contributed by atoms with E-state index in [0.717, 1.165) is 18.6 Å². The molecule has 0 aromatic heterocycles. The second-order valence-corrected chi connectivity index (χ2v) is 3.60. The van der Waals surface area contributed by atoms with E-state index in [1.54, 1.807) is 0 Å². The molecule has 1 heterocycles. The largest absolute Gasteiger partial charge is 0.490 e. The lowest BCUT2D eigenvalue weighted by Gasteiger charge is -2.15. The standard InChI is InChI=1S/C12H14O3/c13-12-7-6-11(8-9-14-12)15-10-4-2-1-3-5-10/h1-5,11H,6-9H2. The Kier molecular flexibility index (Phi) is 3.22. The molecule has 2 rings (SSSR count). The van der Waals surface area contributed by atoms with Gasteiger partial charge in [-0.15, -0.1) is 0 Å². The Bertz CT molecular complexity index is 321. The molecule has 0 bridgehead atoms. The first kappa shape index (κ1) is 10.0. The molecule has 3 nitrogen and oxygen atoms in total. The van der Waals surface area contributed by atoms with E-state index in [2.05, 4.69) is 0 Å². The van der Waals surface area contributed by atoms with Crippen molar-refractivity contribution in [3.63, 3.8) is 0 Å². The van der Waals surface area contributed by atoms with Crippen molar-refractivity contribution >= 4 is 5.97 Å². The summed E-state index contributed by atoms with van der Waals surface area (Å²) in [6.45, 7) is 0.469. The lowest BCUT2D eigenvalue weighted by Crippen LogP contribution is -2.16. The number of para-hydroxylation sites is 1. The fourth-order valence-electron chi connectivity index (χ4n) is 1.61. The number of hydrogen-bond acceptors (Lipinski definition) is 3. The molecule has 0 N–H and O–H groups in total. The summed E-state index contributed by atoms with van der Waals surface area (Å²) in [6, 6.07) is 9.68. The van der Waals surface area contributed by atoms with E-state index in [9.17, 15) is 4.79 Å². The van der Waals surface area contributed by atoms with E-state index in [0.29, 0.717) is 13.0 Å². The molecule has 0 saturated carbocycles. The number of carbonyl (C=O) groups is 1. The molecule has 1 atom stereocenters. The van der Waals surface area contributed by atoms with E-state index < -0.39 is 0 Å². The van der Waals surface area contributed by atoms with Crippen LogP contribution in [-0.4, -0.2) is 18.7 Å². The zero-order valence-electron chi connectivity index (χ0n) is 8.52. The Labute approximate surface area is 89.0 Å². The van der Waals surface area contributed by atoms with Gasteiger partial charge in [-0.2, -0.15) is 0 Å². The Hall–Kier alpha value is -1.51. The zero-order valence-corrected chi connectivity index (χ0v) is 8.52. The van der Waals surface area contributed by atoms with Crippen molar-refractivity contribution in [3.05, 3.63) is 30.3 Å². The van der Waals surface area contributed by atoms with Gasteiger partial charge in [0, 0.05) is 12.8 Å². The fourth-order valence-corrected chi connectivity index (χ4v) is 1.61. The Morgan fingerprint density at radius 2 is 2.00 bits per heavy atom. The molecule has 15 heavy (non-hydrogen) atoms. The summed E-state index contributed by atoms with van der Waals surface area (Å²) >= 11 is 0. The normalized spacial score (nSPS) is 21.6. The van der Waals surface area contributed by atoms with Gasteiger partial charge < -0.3 is 9.47 Å². The monoisotopic (exact) mass is 206 g/mol. The molecule has 80 valence electrons. The first-order valence-corrected chi connectivity index (χ1v) is 5.22. The molecule has 0 radical (unpaired) electrons. The van der Waals surface area contributed by atoms with Crippen molar-refractivity contribution in [1.82, 2.24) is 0 Å². The van der Waals surface area contributed by atoms with Crippen molar-refractivity contribution in [2.24, 2.45) is 0 Å². The smallest absolute Gasteiger partial charge is 0.305 e. The highest BCUT2D eigenvalue weighted by Gasteiger charge is 2.18. The SMILES string of the molecule is O=C1CCC(Oc2ccccc2)CCO1. The molecule has 0 spiro atoms. The van der Waals surface area contributed by atoms with Crippen LogP contribution < -0.4 is 4.74 Å². The maximum Gasteiger partial charge on any atom is 0.305 e. The van der Waals surface area contributed by atoms with Gasteiger partial charge in [0.25, 0.3) is 0 Å². The van der Waals surface area contributed by atoms with Gasteiger partial charge in [-0.3, -0.25) is 4.79 Å². The lowest BCUT2D eigenvalue weighted by molar-refractivity contribution is -0.142. The minimum Gasteiger partial charge on any atom is -0.490 e. The predicted molar refractivity (Wildman–Crippen MR) is 55.7 cm³/mol. The molecule has 0 amide bonds. The number of hydrogen-bond donors (Lipinski definition) is 0. The maximum atomic E-state index is 11.0. The van der Waals surface area contributed by atoms with Gasteiger partial charge in [0.2, 0.25) is 0 Å². The minimum atomic E-state index is -0.117. The van der Waals surface area contributed by atoms with E-state index in [-0.39, 0.29) is 12.1 Å². The average Bonchev–Trinajstić information content (AvgIpc) is 2.46. The molecule has 1 aliphatic heterocycles. The quantitative estimate of drug-likeness (QED) is 0.695. The van der Waals surface area contributed by atoms with Crippen LogP contribution in [0.2, 0.25) is 0 Å². The Balaban J connectivity index is 1.92. The highest BCUT2D eigenvalue weighted by molar-refractivity contribution is 5.69. The van der Waals surface area contributed by atoms with E-state index in [1.165, 1.54) is 0 Å². The molecule has 1 saturated heterocycles. The fraction of sp³-hybridized carbons (Fsp3) is 0.417. The molecule has 1 aliphatic rings. The van der Waals surface area contributed by atoms with Gasteiger partial charge in [-0.25, -0.2) is 0 Å². The van der Waals surface area contributed by atoms with Crippen LogP contribution in [0.4, 0.5) is 0 Å².